The molecule has 1 unspecified atom stereocenters. The lowest BCUT2D eigenvalue weighted by Gasteiger charge is -2.19. The van der Waals surface area contributed by atoms with Crippen molar-refractivity contribution in [3.8, 4) is 0 Å². The van der Waals surface area contributed by atoms with Crippen LogP contribution in [0.4, 0.5) is 0 Å². The average molecular weight is 268 g/mol. The number of hydrogen-bond acceptors (Lipinski definition) is 5. The number of rotatable bonds is 5. The SMILES string of the molecule is CCOC(=O)C(NC1CCCC1)c1nc(C)cs1. The quantitative estimate of drug-likeness (QED) is 0.834. The molecule has 100 valence electrons. The van der Waals surface area contributed by atoms with Crippen LogP contribution in [0.25, 0.3) is 0 Å². The Hall–Kier alpha value is -0.940. The summed E-state index contributed by atoms with van der Waals surface area (Å²) in [4.78, 5) is 16.4. The molecule has 2 rings (SSSR count). The standard InChI is InChI=1S/C13H20N2O2S/c1-3-17-13(16)11(12-14-9(2)8-18-12)15-10-6-4-5-7-10/h8,10-11,15H,3-7H2,1-2H3. The molecule has 1 N–H and O–H groups in total. The first kappa shape index (κ1) is 13.5. The van der Waals surface area contributed by atoms with Gasteiger partial charge in [-0.15, -0.1) is 11.3 Å². The van der Waals surface area contributed by atoms with E-state index in [0.717, 1.165) is 23.5 Å². The zero-order valence-corrected chi connectivity index (χ0v) is 11.8. The first-order chi connectivity index (χ1) is 8.70. The highest BCUT2D eigenvalue weighted by atomic mass is 32.1. The lowest BCUT2D eigenvalue weighted by Crippen LogP contribution is -2.36. The van der Waals surface area contributed by atoms with Crippen LogP contribution < -0.4 is 5.32 Å². The number of nitrogens with one attached hydrogen (secondary N) is 1. The van der Waals surface area contributed by atoms with Crippen LogP contribution in [0.1, 0.15) is 49.4 Å². The summed E-state index contributed by atoms with van der Waals surface area (Å²) < 4.78 is 5.14. The minimum absolute atomic E-state index is 0.209. The van der Waals surface area contributed by atoms with Gasteiger partial charge in [-0.05, 0) is 26.7 Å². The number of ether oxygens (including phenoxy) is 1. The van der Waals surface area contributed by atoms with Gasteiger partial charge in [0.15, 0.2) is 6.04 Å². The van der Waals surface area contributed by atoms with Crippen LogP contribution >= 0.6 is 11.3 Å². The van der Waals surface area contributed by atoms with E-state index in [-0.39, 0.29) is 5.97 Å². The van der Waals surface area contributed by atoms with Gasteiger partial charge in [0.25, 0.3) is 0 Å². The van der Waals surface area contributed by atoms with Crippen LogP contribution in [0, 0.1) is 6.92 Å². The van der Waals surface area contributed by atoms with Crippen molar-refractivity contribution >= 4 is 17.3 Å². The average Bonchev–Trinajstić information content (AvgIpc) is 2.97. The molecule has 1 atom stereocenters. The van der Waals surface area contributed by atoms with Gasteiger partial charge < -0.3 is 4.74 Å². The molecule has 1 fully saturated rings. The summed E-state index contributed by atoms with van der Waals surface area (Å²) in [6.45, 7) is 4.18. The van der Waals surface area contributed by atoms with E-state index in [0.29, 0.717) is 12.6 Å². The molecule has 5 heteroatoms. The van der Waals surface area contributed by atoms with Crippen molar-refractivity contribution in [2.45, 2.75) is 51.6 Å². The summed E-state index contributed by atoms with van der Waals surface area (Å²) in [6.07, 6.45) is 4.76. The van der Waals surface area contributed by atoms with Crippen molar-refractivity contribution < 1.29 is 9.53 Å². The van der Waals surface area contributed by atoms with E-state index in [2.05, 4.69) is 10.3 Å². The fourth-order valence-corrected chi connectivity index (χ4v) is 3.14. The Bertz CT molecular complexity index is 399. The fourth-order valence-electron chi connectivity index (χ4n) is 2.30. The number of carbonyl (C=O) groups excluding carboxylic acids is 1. The Morgan fingerprint density at radius 1 is 1.61 bits per heavy atom. The molecule has 0 aliphatic heterocycles. The summed E-state index contributed by atoms with van der Waals surface area (Å²) >= 11 is 1.52. The van der Waals surface area contributed by atoms with Gasteiger partial charge in [-0.1, -0.05) is 12.8 Å². The summed E-state index contributed by atoms with van der Waals surface area (Å²) in [5.74, 6) is -0.209. The van der Waals surface area contributed by atoms with Crippen molar-refractivity contribution in [3.63, 3.8) is 0 Å². The van der Waals surface area contributed by atoms with Crippen LogP contribution in [-0.4, -0.2) is 23.6 Å². The third kappa shape index (κ3) is 3.29. The lowest BCUT2D eigenvalue weighted by atomic mass is 10.2. The lowest BCUT2D eigenvalue weighted by molar-refractivity contribution is -0.146. The maximum Gasteiger partial charge on any atom is 0.330 e. The monoisotopic (exact) mass is 268 g/mol. The molecule has 1 aromatic heterocycles. The Kier molecular flexibility index (Phi) is 4.72. The molecule has 1 aromatic rings. The second kappa shape index (κ2) is 6.29. The van der Waals surface area contributed by atoms with Crippen LogP contribution in [0.5, 0.6) is 0 Å². The van der Waals surface area contributed by atoms with E-state index in [1.165, 1.54) is 24.2 Å². The van der Waals surface area contributed by atoms with Gasteiger partial charge in [0.05, 0.1) is 6.61 Å². The van der Waals surface area contributed by atoms with Crippen LogP contribution in [0.2, 0.25) is 0 Å². The van der Waals surface area contributed by atoms with Crippen molar-refractivity contribution in [3.05, 3.63) is 16.1 Å². The number of carbonyl (C=O) groups is 1. The number of hydrogen-bond donors (Lipinski definition) is 1. The second-order valence-corrected chi connectivity index (χ2v) is 5.55. The zero-order chi connectivity index (χ0) is 13.0. The fraction of sp³-hybridized carbons (Fsp3) is 0.692. The van der Waals surface area contributed by atoms with E-state index in [1.807, 2.05) is 19.2 Å². The molecule has 0 saturated heterocycles. The molecule has 0 aromatic carbocycles. The minimum Gasteiger partial charge on any atom is -0.465 e. The van der Waals surface area contributed by atoms with Gasteiger partial charge in [0.2, 0.25) is 0 Å². The predicted molar refractivity (Wildman–Crippen MR) is 71.6 cm³/mol. The van der Waals surface area contributed by atoms with E-state index in [1.54, 1.807) is 0 Å². The van der Waals surface area contributed by atoms with E-state index < -0.39 is 6.04 Å². The second-order valence-electron chi connectivity index (χ2n) is 4.66. The molecule has 1 aliphatic carbocycles. The van der Waals surface area contributed by atoms with Crippen molar-refractivity contribution in [2.75, 3.05) is 6.61 Å². The summed E-state index contributed by atoms with van der Waals surface area (Å²) in [5, 5.41) is 6.19. The number of aryl methyl sites for hydroxylation is 1. The van der Waals surface area contributed by atoms with Gasteiger partial charge in [0.1, 0.15) is 5.01 Å². The molecule has 1 aliphatic rings. The number of esters is 1. The minimum atomic E-state index is -0.397. The summed E-state index contributed by atoms with van der Waals surface area (Å²) in [5.41, 5.74) is 0.956. The molecular formula is C13H20N2O2S. The Morgan fingerprint density at radius 3 is 2.89 bits per heavy atom. The van der Waals surface area contributed by atoms with E-state index >= 15 is 0 Å². The van der Waals surface area contributed by atoms with Gasteiger partial charge in [-0.2, -0.15) is 0 Å². The molecular weight excluding hydrogens is 248 g/mol. The van der Waals surface area contributed by atoms with Gasteiger partial charge in [-0.3, -0.25) is 5.32 Å². The maximum absolute atomic E-state index is 12.0. The molecule has 0 spiro atoms. The molecule has 0 bridgehead atoms. The zero-order valence-electron chi connectivity index (χ0n) is 10.9. The number of aromatic nitrogens is 1. The third-order valence-electron chi connectivity index (χ3n) is 3.16. The third-order valence-corrected chi connectivity index (χ3v) is 4.19. The number of nitrogens with zero attached hydrogens (tertiary/aromatic N) is 1. The highest BCUT2D eigenvalue weighted by Crippen LogP contribution is 2.25. The van der Waals surface area contributed by atoms with Crippen LogP contribution in [-0.2, 0) is 9.53 Å². The summed E-state index contributed by atoms with van der Waals surface area (Å²) in [7, 11) is 0. The van der Waals surface area contributed by atoms with Gasteiger partial charge in [0, 0.05) is 17.1 Å². The topological polar surface area (TPSA) is 51.2 Å². The number of thiazole rings is 1. The molecule has 1 saturated carbocycles. The molecule has 1 heterocycles. The Labute approximate surface area is 112 Å². The van der Waals surface area contributed by atoms with E-state index in [9.17, 15) is 4.79 Å². The van der Waals surface area contributed by atoms with Crippen molar-refractivity contribution in [1.29, 1.82) is 0 Å². The largest absolute Gasteiger partial charge is 0.465 e. The predicted octanol–water partition coefficient (Wildman–Crippen LogP) is 2.59. The van der Waals surface area contributed by atoms with Crippen molar-refractivity contribution in [2.24, 2.45) is 0 Å². The maximum atomic E-state index is 12.0. The molecule has 0 amide bonds. The molecule has 18 heavy (non-hydrogen) atoms. The first-order valence-corrected chi connectivity index (χ1v) is 7.43. The van der Waals surface area contributed by atoms with Gasteiger partial charge in [-0.25, -0.2) is 9.78 Å². The smallest absolute Gasteiger partial charge is 0.330 e. The van der Waals surface area contributed by atoms with Gasteiger partial charge >= 0.3 is 5.97 Å². The highest BCUT2D eigenvalue weighted by molar-refractivity contribution is 7.09. The highest BCUT2D eigenvalue weighted by Gasteiger charge is 2.28. The Morgan fingerprint density at radius 2 is 2.33 bits per heavy atom. The van der Waals surface area contributed by atoms with Crippen LogP contribution in [0.3, 0.4) is 0 Å². The first-order valence-electron chi connectivity index (χ1n) is 6.55. The molecule has 0 radical (unpaired) electrons. The van der Waals surface area contributed by atoms with Crippen molar-refractivity contribution in [1.82, 2.24) is 10.3 Å². The van der Waals surface area contributed by atoms with Crippen LogP contribution in [0.15, 0.2) is 5.38 Å². The normalized spacial score (nSPS) is 17.9. The summed E-state index contributed by atoms with van der Waals surface area (Å²) in [6, 6.07) is 0.0235. The van der Waals surface area contributed by atoms with E-state index in [4.69, 9.17) is 4.74 Å². The molecule has 4 nitrogen and oxygen atoms in total. The Balaban J connectivity index is 2.08.